The van der Waals surface area contributed by atoms with Gasteiger partial charge in [-0.25, -0.2) is 4.98 Å². The number of nitrogens with zero attached hydrogens (tertiary/aromatic N) is 1. The van der Waals surface area contributed by atoms with Crippen LogP contribution in [0.5, 0.6) is 0 Å². The van der Waals surface area contributed by atoms with Crippen molar-refractivity contribution in [1.82, 2.24) is 15.3 Å². The molecule has 0 fully saturated rings. The second-order valence-electron chi connectivity index (χ2n) is 5.01. The maximum Gasteiger partial charge on any atom is 0.137 e. The maximum atomic E-state index is 4.44. The molecule has 0 aliphatic heterocycles. The molecule has 2 N–H and O–H groups in total. The van der Waals surface area contributed by atoms with Gasteiger partial charge < -0.3 is 10.3 Å². The zero-order valence-corrected chi connectivity index (χ0v) is 12.6. The Hall–Kier alpha value is -1.26. The van der Waals surface area contributed by atoms with E-state index in [1.165, 1.54) is 4.90 Å². The highest BCUT2D eigenvalue weighted by Crippen LogP contribution is 2.20. The lowest BCUT2D eigenvalue weighted by molar-refractivity contribution is 0.549. The lowest BCUT2D eigenvalue weighted by Crippen LogP contribution is -2.19. The average molecular weight is 275 g/mol. The van der Waals surface area contributed by atoms with E-state index in [-0.39, 0.29) is 0 Å². The number of thioether (sulfide) groups is 1. The number of imidazole rings is 1. The molecular formula is C15H21N3S. The van der Waals surface area contributed by atoms with E-state index in [4.69, 9.17) is 0 Å². The molecule has 2 aromatic rings. The van der Waals surface area contributed by atoms with Gasteiger partial charge in [-0.05, 0) is 30.9 Å². The van der Waals surface area contributed by atoms with Crippen molar-refractivity contribution in [2.24, 2.45) is 5.92 Å². The van der Waals surface area contributed by atoms with Gasteiger partial charge in [0.25, 0.3) is 0 Å². The van der Waals surface area contributed by atoms with E-state index in [1.54, 1.807) is 11.8 Å². The fraction of sp³-hybridized carbons (Fsp3) is 0.400. The van der Waals surface area contributed by atoms with Crippen molar-refractivity contribution in [2.75, 3.05) is 12.8 Å². The minimum atomic E-state index is 0.668. The summed E-state index contributed by atoms with van der Waals surface area (Å²) in [5.74, 6) is 1.61. The number of hydrogen-bond donors (Lipinski definition) is 2. The van der Waals surface area contributed by atoms with Crippen LogP contribution in [0.3, 0.4) is 0 Å². The Balaban J connectivity index is 1.99. The van der Waals surface area contributed by atoms with E-state index < -0.39 is 0 Å². The predicted octanol–water partition coefficient (Wildman–Crippen LogP) is 3.54. The molecule has 0 aliphatic rings. The van der Waals surface area contributed by atoms with Gasteiger partial charge in [-0.2, -0.15) is 0 Å². The molecule has 0 bridgehead atoms. The zero-order valence-electron chi connectivity index (χ0n) is 11.7. The summed E-state index contributed by atoms with van der Waals surface area (Å²) in [6, 6.07) is 8.46. The van der Waals surface area contributed by atoms with Gasteiger partial charge in [0.2, 0.25) is 0 Å². The highest BCUT2D eigenvalue weighted by molar-refractivity contribution is 7.98. The molecule has 0 radical (unpaired) electrons. The van der Waals surface area contributed by atoms with Gasteiger partial charge in [-0.15, -0.1) is 11.8 Å². The third kappa shape index (κ3) is 4.11. The Morgan fingerprint density at radius 1 is 1.26 bits per heavy atom. The van der Waals surface area contributed by atoms with Gasteiger partial charge in [0.15, 0.2) is 0 Å². The van der Waals surface area contributed by atoms with Crippen molar-refractivity contribution < 1.29 is 0 Å². The van der Waals surface area contributed by atoms with Gasteiger partial charge >= 0.3 is 0 Å². The molecule has 1 heterocycles. The number of H-pyrrole nitrogens is 1. The van der Waals surface area contributed by atoms with Gasteiger partial charge in [0.05, 0.1) is 0 Å². The number of hydrogen-bond acceptors (Lipinski definition) is 3. The Labute approximate surface area is 119 Å². The molecule has 0 atom stereocenters. The molecule has 0 saturated carbocycles. The Bertz CT molecular complexity index is 502. The normalized spacial score (nSPS) is 11.2. The van der Waals surface area contributed by atoms with Crippen LogP contribution in [-0.2, 0) is 6.54 Å². The largest absolute Gasteiger partial charge is 0.341 e. The molecule has 4 heteroatoms. The van der Waals surface area contributed by atoms with Crippen molar-refractivity contribution in [3.63, 3.8) is 0 Å². The van der Waals surface area contributed by atoms with Crippen LogP contribution in [-0.4, -0.2) is 22.8 Å². The minimum absolute atomic E-state index is 0.668. The van der Waals surface area contributed by atoms with E-state index in [0.717, 1.165) is 30.2 Å². The summed E-state index contributed by atoms with van der Waals surface area (Å²) >= 11 is 1.75. The van der Waals surface area contributed by atoms with Crippen LogP contribution in [0, 0.1) is 5.92 Å². The number of rotatable bonds is 6. The lowest BCUT2D eigenvalue weighted by atomic mass is 10.2. The fourth-order valence-corrected chi connectivity index (χ4v) is 2.25. The van der Waals surface area contributed by atoms with Crippen LogP contribution in [0.4, 0.5) is 0 Å². The summed E-state index contributed by atoms with van der Waals surface area (Å²) in [6.07, 6.45) is 3.99. The van der Waals surface area contributed by atoms with Crippen LogP contribution < -0.4 is 5.32 Å². The Morgan fingerprint density at radius 3 is 2.63 bits per heavy atom. The van der Waals surface area contributed by atoms with E-state index in [0.29, 0.717) is 5.92 Å². The average Bonchev–Trinajstić information content (AvgIpc) is 2.87. The van der Waals surface area contributed by atoms with Crippen molar-refractivity contribution in [3.8, 4) is 11.4 Å². The number of aromatic nitrogens is 2. The highest BCUT2D eigenvalue weighted by atomic mass is 32.2. The Morgan fingerprint density at radius 2 is 2.00 bits per heavy atom. The summed E-state index contributed by atoms with van der Waals surface area (Å²) in [5, 5.41) is 3.41. The molecule has 19 heavy (non-hydrogen) atoms. The van der Waals surface area contributed by atoms with E-state index in [9.17, 15) is 0 Å². The quantitative estimate of drug-likeness (QED) is 0.792. The van der Waals surface area contributed by atoms with E-state index >= 15 is 0 Å². The summed E-state index contributed by atoms with van der Waals surface area (Å²) in [5.41, 5.74) is 2.26. The van der Waals surface area contributed by atoms with Gasteiger partial charge in [-0.3, -0.25) is 0 Å². The molecule has 2 rings (SSSR count). The van der Waals surface area contributed by atoms with Gasteiger partial charge in [0.1, 0.15) is 5.82 Å². The molecule has 0 unspecified atom stereocenters. The second kappa shape index (κ2) is 6.78. The molecule has 102 valence electrons. The fourth-order valence-electron chi connectivity index (χ4n) is 1.84. The van der Waals surface area contributed by atoms with Crippen LogP contribution in [0.1, 0.15) is 19.5 Å². The van der Waals surface area contributed by atoms with Crippen LogP contribution >= 0.6 is 11.8 Å². The summed E-state index contributed by atoms with van der Waals surface area (Å²) in [6.45, 7) is 6.28. The molecule has 0 spiro atoms. The summed E-state index contributed by atoms with van der Waals surface area (Å²) < 4.78 is 0. The summed E-state index contributed by atoms with van der Waals surface area (Å²) in [4.78, 5) is 9.07. The smallest absolute Gasteiger partial charge is 0.137 e. The lowest BCUT2D eigenvalue weighted by Gasteiger charge is -2.05. The first kappa shape index (κ1) is 14.2. The van der Waals surface area contributed by atoms with Crippen LogP contribution in [0.25, 0.3) is 11.4 Å². The molecule has 0 aliphatic carbocycles. The second-order valence-corrected chi connectivity index (χ2v) is 5.89. The van der Waals surface area contributed by atoms with Crippen LogP contribution in [0.15, 0.2) is 35.4 Å². The standard InChI is InChI=1S/C15H21N3S/c1-11(2)8-16-9-13-10-17-15(18-13)12-4-6-14(19-3)7-5-12/h4-7,10-11,16H,8-9H2,1-3H3,(H,17,18). The van der Waals surface area contributed by atoms with E-state index in [1.807, 2.05) is 6.20 Å². The minimum Gasteiger partial charge on any atom is -0.341 e. The molecular weight excluding hydrogens is 254 g/mol. The Kier molecular flexibility index (Phi) is 5.05. The third-order valence-corrected chi connectivity index (χ3v) is 3.60. The summed E-state index contributed by atoms with van der Waals surface area (Å²) in [7, 11) is 0. The van der Waals surface area contributed by atoms with Crippen molar-refractivity contribution in [3.05, 3.63) is 36.2 Å². The number of benzene rings is 1. The number of nitrogens with one attached hydrogen (secondary N) is 2. The van der Waals surface area contributed by atoms with Gasteiger partial charge in [0, 0.05) is 28.9 Å². The molecule has 1 aromatic heterocycles. The van der Waals surface area contributed by atoms with E-state index in [2.05, 4.69) is 59.7 Å². The first-order valence-electron chi connectivity index (χ1n) is 6.58. The van der Waals surface area contributed by atoms with Crippen molar-refractivity contribution in [1.29, 1.82) is 0 Å². The van der Waals surface area contributed by atoms with Crippen molar-refractivity contribution >= 4 is 11.8 Å². The molecule has 3 nitrogen and oxygen atoms in total. The highest BCUT2D eigenvalue weighted by Gasteiger charge is 2.03. The number of aromatic amines is 1. The first-order chi connectivity index (χ1) is 9.19. The zero-order chi connectivity index (χ0) is 13.7. The predicted molar refractivity (Wildman–Crippen MR) is 82.3 cm³/mol. The molecule has 1 aromatic carbocycles. The topological polar surface area (TPSA) is 40.7 Å². The molecule has 0 amide bonds. The van der Waals surface area contributed by atoms with Gasteiger partial charge in [-0.1, -0.05) is 26.0 Å². The molecule has 0 saturated heterocycles. The SMILES string of the molecule is CSc1ccc(-c2ncc(CNCC(C)C)[nH]2)cc1. The maximum absolute atomic E-state index is 4.44. The monoisotopic (exact) mass is 275 g/mol. The third-order valence-electron chi connectivity index (χ3n) is 2.86. The van der Waals surface area contributed by atoms with Crippen LogP contribution in [0.2, 0.25) is 0 Å². The van der Waals surface area contributed by atoms with Crippen molar-refractivity contribution in [2.45, 2.75) is 25.3 Å². The first-order valence-corrected chi connectivity index (χ1v) is 7.80.